The fraction of sp³-hybridized carbons (Fsp3) is 0.360. The molecule has 174 valence electrons. The van der Waals surface area contributed by atoms with Gasteiger partial charge in [-0.2, -0.15) is 9.30 Å². The molecule has 0 unspecified atom stereocenters. The average molecular weight is 484 g/mol. The van der Waals surface area contributed by atoms with Crippen LogP contribution in [-0.2, 0) is 16.6 Å². The Morgan fingerprint density at radius 2 is 1.85 bits per heavy atom. The monoisotopic (exact) mass is 483 g/mol. The Hall–Kier alpha value is -2.55. The number of para-hydroxylation sites is 1. The van der Waals surface area contributed by atoms with Crippen molar-refractivity contribution in [2.24, 2.45) is 4.99 Å². The van der Waals surface area contributed by atoms with Crippen LogP contribution in [0.3, 0.4) is 0 Å². The highest BCUT2D eigenvalue weighted by atomic mass is 32.2. The Bertz CT molecular complexity index is 1310. The van der Waals surface area contributed by atoms with Gasteiger partial charge in [0.2, 0.25) is 10.0 Å². The average Bonchev–Trinajstić information content (AvgIpc) is 3.17. The summed E-state index contributed by atoms with van der Waals surface area (Å²) in [5.74, 6) is -0.400. The minimum atomic E-state index is -3.61. The van der Waals surface area contributed by atoms with Gasteiger partial charge in [-0.25, -0.2) is 8.42 Å². The second-order valence-corrected chi connectivity index (χ2v) is 11.1. The van der Waals surface area contributed by atoms with Gasteiger partial charge in [0.15, 0.2) is 4.80 Å². The van der Waals surface area contributed by atoms with E-state index < -0.39 is 15.9 Å². The molecule has 1 fully saturated rings. The third-order valence-electron chi connectivity index (χ3n) is 6.10. The van der Waals surface area contributed by atoms with Crippen molar-refractivity contribution in [3.05, 3.63) is 71.6 Å². The molecule has 0 aliphatic heterocycles. The molecule has 1 heterocycles. The number of carbonyl (C=O) groups is 1. The first-order valence-electron chi connectivity index (χ1n) is 11.4. The number of rotatable bonds is 7. The van der Waals surface area contributed by atoms with E-state index >= 15 is 0 Å². The molecule has 0 bridgehead atoms. The highest BCUT2D eigenvalue weighted by Gasteiger charge is 2.31. The summed E-state index contributed by atoms with van der Waals surface area (Å²) < 4.78 is 31.1. The molecule has 0 atom stereocenters. The molecule has 6 nitrogen and oxygen atoms in total. The predicted octanol–water partition coefficient (Wildman–Crippen LogP) is 4.97. The Morgan fingerprint density at radius 3 is 2.52 bits per heavy atom. The van der Waals surface area contributed by atoms with Crippen molar-refractivity contribution in [2.75, 3.05) is 6.54 Å². The summed E-state index contributed by atoms with van der Waals surface area (Å²) >= 11 is 1.44. The molecular formula is C25H29N3O3S2. The number of carbonyl (C=O) groups excluding carboxylic acids is 1. The zero-order valence-electron chi connectivity index (χ0n) is 18.8. The quantitative estimate of drug-likeness (QED) is 0.445. The number of benzene rings is 2. The van der Waals surface area contributed by atoms with E-state index in [9.17, 15) is 13.2 Å². The predicted molar refractivity (Wildman–Crippen MR) is 133 cm³/mol. The number of aromatic nitrogens is 1. The van der Waals surface area contributed by atoms with E-state index in [2.05, 4.69) is 11.6 Å². The number of amides is 1. The molecule has 1 aromatic heterocycles. The number of allylic oxidation sites excluding steroid dienone is 1. The highest BCUT2D eigenvalue weighted by Crippen LogP contribution is 2.28. The Labute approximate surface area is 199 Å². The molecule has 3 aromatic rings. The fourth-order valence-electron chi connectivity index (χ4n) is 4.46. The topological polar surface area (TPSA) is 71.7 Å². The van der Waals surface area contributed by atoms with E-state index in [4.69, 9.17) is 0 Å². The zero-order chi connectivity index (χ0) is 23.4. The molecule has 4 rings (SSSR count). The maximum absolute atomic E-state index is 13.3. The lowest BCUT2D eigenvalue weighted by Gasteiger charge is -2.32. The molecular weight excluding hydrogens is 454 g/mol. The first-order chi connectivity index (χ1) is 16.0. The lowest BCUT2D eigenvalue weighted by molar-refractivity contribution is 0.0997. The van der Waals surface area contributed by atoms with Gasteiger partial charge in [-0.15, -0.1) is 6.58 Å². The summed E-state index contributed by atoms with van der Waals surface area (Å²) in [4.78, 5) is 18.0. The van der Waals surface area contributed by atoms with E-state index in [0.29, 0.717) is 23.5 Å². The van der Waals surface area contributed by atoms with Crippen molar-refractivity contribution in [1.29, 1.82) is 0 Å². The number of sulfonamides is 1. The maximum atomic E-state index is 13.3. The molecule has 0 spiro atoms. The van der Waals surface area contributed by atoms with Crippen LogP contribution in [-0.4, -0.2) is 35.8 Å². The van der Waals surface area contributed by atoms with Crippen molar-refractivity contribution >= 4 is 37.5 Å². The van der Waals surface area contributed by atoms with Gasteiger partial charge in [0.05, 0.1) is 15.1 Å². The molecule has 1 aliphatic rings. The molecule has 1 saturated carbocycles. The molecule has 0 saturated heterocycles. The summed E-state index contributed by atoms with van der Waals surface area (Å²) in [6, 6.07) is 14.1. The summed E-state index contributed by atoms with van der Waals surface area (Å²) in [7, 11) is -3.61. The number of nitrogens with zero attached hydrogens (tertiary/aromatic N) is 3. The Morgan fingerprint density at radius 1 is 1.15 bits per heavy atom. The number of thiazole rings is 1. The number of fused-ring (bicyclic) bond motifs is 1. The van der Waals surface area contributed by atoms with Crippen LogP contribution in [0, 0.1) is 0 Å². The third-order valence-corrected chi connectivity index (χ3v) is 9.20. The Kier molecular flexibility index (Phi) is 7.26. The minimum absolute atomic E-state index is 0.0540. The van der Waals surface area contributed by atoms with Gasteiger partial charge >= 0.3 is 0 Å². The lowest BCUT2D eigenvalue weighted by Crippen LogP contribution is -2.41. The summed E-state index contributed by atoms with van der Waals surface area (Å²) in [6.45, 7) is 6.67. The molecule has 0 N–H and O–H groups in total. The largest absolute Gasteiger partial charge is 0.312 e. The summed E-state index contributed by atoms with van der Waals surface area (Å²) in [5, 5.41) is 0. The van der Waals surface area contributed by atoms with Crippen molar-refractivity contribution in [3.8, 4) is 0 Å². The molecule has 0 radical (unpaired) electrons. The highest BCUT2D eigenvalue weighted by molar-refractivity contribution is 7.89. The van der Waals surface area contributed by atoms with E-state index in [0.717, 1.165) is 35.9 Å². The maximum Gasteiger partial charge on any atom is 0.279 e. The van der Waals surface area contributed by atoms with Gasteiger partial charge in [0.1, 0.15) is 0 Å². The first kappa shape index (κ1) is 23.6. The second kappa shape index (κ2) is 10.2. The molecule has 2 aromatic carbocycles. The van der Waals surface area contributed by atoms with Gasteiger partial charge in [-0.3, -0.25) is 4.79 Å². The van der Waals surface area contributed by atoms with Crippen molar-refractivity contribution < 1.29 is 13.2 Å². The van der Waals surface area contributed by atoms with E-state index in [1.807, 2.05) is 35.8 Å². The standard InChI is InChI=1S/C25H29N3O3S2/c1-3-18-27-22-12-8-9-13-23(22)32-25(27)26-24(29)19-14-16-21(17-15-19)33(30,31)28(4-2)20-10-6-5-7-11-20/h3,8-9,12-17,20H,1,4-7,10-11,18H2,2H3. The van der Waals surface area contributed by atoms with Gasteiger partial charge in [0, 0.05) is 24.7 Å². The first-order valence-corrected chi connectivity index (χ1v) is 13.6. The summed E-state index contributed by atoms with van der Waals surface area (Å²) in [5.41, 5.74) is 1.36. The van der Waals surface area contributed by atoms with Gasteiger partial charge in [-0.1, -0.05) is 55.7 Å². The van der Waals surface area contributed by atoms with E-state index in [-0.39, 0.29) is 10.9 Å². The van der Waals surface area contributed by atoms with Gasteiger partial charge in [0.25, 0.3) is 5.91 Å². The fourth-order valence-corrected chi connectivity index (χ4v) is 7.19. The smallest absolute Gasteiger partial charge is 0.279 e. The SMILES string of the molecule is C=CCn1c(=NC(=O)c2ccc(S(=O)(=O)N(CC)C3CCCCC3)cc2)sc2ccccc21. The molecule has 1 aliphatic carbocycles. The third kappa shape index (κ3) is 4.88. The second-order valence-electron chi connectivity index (χ2n) is 8.19. The van der Waals surface area contributed by atoms with Crippen LogP contribution in [0.1, 0.15) is 49.4 Å². The van der Waals surface area contributed by atoms with Crippen LogP contribution in [0.15, 0.2) is 71.1 Å². The lowest BCUT2D eigenvalue weighted by atomic mass is 9.95. The van der Waals surface area contributed by atoms with Crippen LogP contribution in [0.25, 0.3) is 10.2 Å². The van der Waals surface area contributed by atoms with Crippen LogP contribution < -0.4 is 4.80 Å². The zero-order valence-corrected chi connectivity index (χ0v) is 20.4. The van der Waals surface area contributed by atoms with E-state index in [1.165, 1.54) is 29.9 Å². The van der Waals surface area contributed by atoms with Crippen LogP contribution in [0.5, 0.6) is 0 Å². The summed E-state index contributed by atoms with van der Waals surface area (Å²) in [6.07, 6.45) is 6.88. The number of hydrogen-bond acceptors (Lipinski definition) is 4. The van der Waals surface area contributed by atoms with Crippen LogP contribution in [0.2, 0.25) is 0 Å². The number of hydrogen-bond donors (Lipinski definition) is 0. The van der Waals surface area contributed by atoms with Crippen LogP contribution >= 0.6 is 11.3 Å². The minimum Gasteiger partial charge on any atom is -0.312 e. The normalized spacial score (nSPS) is 15.9. The van der Waals surface area contributed by atoms with Crippen LogP contribution in [0.4, 0.5) is 0 Å². The van der Waals surface area contributed by atoms with Gasteiger partial charge in [-0.05, 0) is 49.2 Å². The van der Waals surface area contributed by atoms with Gasteiger partial charge < -0.3 is 4.57 Å². The van der Waals surface area contributed by atoms with Crippen molar-refractivity contribution in [2.45, 2.75) is 56.5 Å². The molecule has 1 amide bonds. The van der Waals surface area contributed by atoms with E-state index in [1.54, 1.807) is 22.5 Å². The molecule has 8 heteroatoms. The molecule has 33 heavy (non-hydrogen) atoms. The van der Waals surface area contributed by atoms with Crippen molar-refractivity contribution in [1.82, 2.24) is 8.87 Å². The Balaban J connectivity index is 1.62. The van der Waals surface area contributed by atoms with Crippen molar-refractivity contribution in [3.63, 3.8) is 0 Å².